The summed E-state index contributed by atoms with van der Waals surface area (Å²) < 4.78 is 0. The van der Waals surface area contributed by atoms with Gasteiger partial charge in [0.1, 0.15) is 0 Å². The van der Waals surface area contributed by atoms with E-state index >= 15 is 0 Å². The first kappa shape index (κ1) is 15.8. The zero-order chi connectivity index (χ0) is 15.2. The molecular weight excluding hydrogens is 260 g/mol. The van der Waals surface area contributed by atoms with Crippen LogP contribution < -0.4 is 10.6 Å². The molecule has 2 rings (SSSR count). The lowest BCUT2D eigenvalue weighted by Crippen LogP contribution is -2.39. The van der Waals surface area contributed by atoms with E-state index in [1.807, 2.05) is 0 Å². The maximum atomic E-state index is 4.70. The van der Waals surface area contributed by atoms with E-state index < -0.39 is 0 Å². The lowest BCUT2D eigenvalue weighted by molar-refractivity contribution is 0.402. The number of nitrogens with one attached hydrogen (secondary N) is 2. The van der Waals surface area contributed by atoms with Crippen molar-refractivity contribution in [2.75, 3.05) is 20.6 Å². The van der Waals surface area contributed by atoms with Crippen molar-refractivity contribution in [1.82, 2.24) is 15.5 Å². The summed E-state index contributed by atoms with van der Waals surface area (Å²) in [7, 11) is 4.18. The quantitative estimate of drug-likeness (QED) is 0.623. The molecule has 0 spiro atoms. The van der Waals surface area contributed by atoms with Crippen LogP contribution in [0.15, 0.2) is 29.3 Å². The average molecular weight is 288 g/mol. The van der Waals surface area contributed by atoms with Crippen LogP contribution in [0, 0.1) is 5.92 Å². The Morgan fingerprint density at radius 2 is 2.05 bits per heavy atom. The summed E-state index contributed by atoms with van der Waals surface area (Å²) >= 11 is 0. The summed E-state index contributed by atoms with van der Waals surface area (Å²) in [6.07, 6.45) is 1.25. The summed E-state index contributed by atoms with van der Waals surface area (Å²) in [6.45, 7) is 6.96. The predicted octanol–water partition coefficient (Wildman–Crippen LogP) is 2.21. The van der Waals surface area contributed by atoms with Crippen LogP contribution in [-0.4, -0.2) is 37.5 Å². The molecule has 4 nitrogen and oxygen atoms in total. The van der Waals surface area contributed by atoms with Crippen molar-refractivity contribution < 1.29 is 0 Å². The van der Waals surface area contributed by atoms with Gasteiger partial charge in [0.25, 0.3) is 0 Å². The molecule has 0 amide bonds. The highest BCUT2D eigenvalue weighted by atomic mass is 15.2. The van der Waals surface area contributed by atoms with Gasteiger partial charge in [0.05, 0.1) is 6.54 Å². The Balaban J connectivity index is 1.96. The van der Waals surface area contributed by atoms with Crippen LogP contribution in [0.2, 0.25) is 0 Å². The van der Waals surface area contributed by atoms with E-state index in [0.29, 0.717) is 6.04 Å². The number of aliphatic imine (C=N–C) groups is 1. The Labute approximate surface area is 128 Å². The van der Waals surface area contributed by atoms with Crippen molar-refractivity contribution in [2.45, 2.75) is 39.4 Å². The molecule has 2 atom stereocenters. The fourth-order valence-electron chi connectivity index (χ4n) is 2.38. The molecular formula is C17H28N4. The van der Waals surface area contributed by atoms with Crippen LogP contribution in [0.4, 0.5) is 0 Å². The Morgan fingerprint density at radius 3 is 2.67 bits per heavy atom. The highest BCUT2D eigenvalue weighted by Crippen LogP contribution is 2.28. The third-order valence-electron chi connectivity index (χ3n) is 3.69. The van der Waals surface area contributed by atoms with E-state index in [9.17, 15) is 0 Å². The second-order valence-electron chi connectivity index (χ2n) is 6.22. The summed E-state index contributed by atoms with van der Waals surface area (Å²) in [5.74, 6) is 1.71. The normalized spacial score (nSPS) is 21.5. The largest absolute Gasteiger partial charge is 0.357 e. The van der Waals surface area contributed by atoms with Gasteiger partial charge in [-0.05, 0) is 44.5 Å². The minimum atomic E-state index is 0.600. The minimum Gasteiger partial charge on any atom is -0.357 e. The van der Waals surface area contributed by atoms with Gasteiger partial charge in [-0.25, -0.2) is 4.99 Å². The number of nitrogens with zero attached hydrogens (tertiary/aromatic N) is 2. The van der Waals surface area contributed by atoms with Crippen LogP contribution in [0.5, 0.6) is 0 Å². The van der Waals surface area contributed by atoms with Gasteiger partial charge < -0.3 is 15.5 Å². The van der Waals surface area contributed by atoms with Crippen LogP contribution in [-0.2, 0) is 13.1 Å². The Morgan fingerprint density at radius 1 is 1.33 bits per heavy atom. The van der Waals surface area contributed by atoms with Gasteiger partial charge in [0.15, 0.2) is 5.96 Å². The van der Waals surface area contributed by atoms with Crippen molar-refractivity contribution in [3.63, 3.8) is 0 Å². The molecule has 1 aliphatic carbocycles. The van der Waals surface area contributed by atoms with Gasteiger partial charge in [-0.1, -0.05) is 31.2 Å². The Bertz CT molecular complexity index is 481. The van der Waals surface area contributed by atoms with Gasteiger partial charge in [-0.15, -0.1) is 0 Å². The SMILES string of the molecule is CCNC(=NCc1cccc(CN(C)C)c1)NC1CC1C. The maximum absolute atomic E-state index is 4.70. The van der Waals surface area contributed by atoms with Crippen molar-refractivity contribution >= 4 is 5.96 Å². The summed E-state index contributed by atoms with van der Waals surface area (Å²) in [4.78, 5) is 6.88. The van der Waals surface area contributed by atoms with Gasteiger partial charge in [0.2, 0.25) is 0 Å². The molecule has 0 bridgehead atoms. The van der Waals surface area contributed by atoms with Crippen LogP contribution in [0.3, 0.4) is 0 Å². The van der Waals surface area contributed by atoms with Gasteiger partial charge in [-0.2, -0.15) is 0 Å². The molecule has 0 aliphatic heterocycles. The molecule has 0 aromatic heterocycles. The zero-order valence-corrected chi connectivity index (χ0v) is 13.7. The van der Waals surface area contributed by atoms with E-state index in [1.165, 1.54) is 17.5 Å². The predicted molar refractivity (Wildman–Crippen MR) is 89.4 cm³/mol. The molecule has 1 aromatic rings. The first-order chi connectivity index (χ1) is 10.1. The number of guanidine groups is 1. The lowest BCUT2D eigenvalue weighted by Gasteiger charge is -2.12. The molecule has 1 aliphatic rings. The molecule has 0 heterocycles. The number of rotatable bonds is 6. The molecule has 0 saturated heterocycles. The topological polar surface area (TPSA) is 39.7 Å². The van der Waals surface area contributed by atoms with Crippen molar-refractivity contribution in [3.8, 4) is 0 Å². The number of hydrogen-bond donors (Lipinski definition) is 2. The first-order valence-corrected chi connectivity index (χ1v) is 7.86. The van der Waals surface area contributed by atoms with Crippen molar-refractivity contribution in [3.05, 3.63) is 35.4 Å². The first-order valence-electron chi connectivity index (χ1n) is 7.86. The molecule has 1 saturated carbocycles. The second kappa shape index (κ2) is 7.46. The monoisotopic (exact) mass is 288 g/mol. The summed E-state index contributed by atoms with van der Waals surface area (Å²) in [5, 5.41) is 6.81. The fourth-order valence-corrected chi connectivity index (χ4v) is 2.38. The molecule has 2 unspecified atom stereocenters. The average Bonchev–Trinajstić information content (AvgIpc) is 3.11. The third-order valence-corrected chi connectivity index (χ3v) is 3.69. The maximum Gasteiger partial charge on any atom is 0.191 e. The second-order valence-corrected chi connectivity index (χ2v) is 6.22. The lowest BCUT2D eigenvalue weighted by atomic mass is 10.1. The highest BCUT2D eigenvalue weighted by Gasteiger charge is 2.33. The van der Waals surface area contributed by atoms with Crippen molar-refractivity contribution in [1.29, 1.82) is 0 Å². The Kier molecular flexibility index (Phi) is 5.62. The number of benzene rings is 1. The molecule has 0 radical (unpaired) electrons. The van der Waals surface area contributed by atoms with Crippen LogP contribution >= 0.6 is 0 Å². The summed E-state index contributed by atoms with van der Waals surface area (Å²) in [5.41, 5.74) is 2.59. The van der Waals surface area contributed by atoms with Gasteiger partial charge >= 0.3 is 0 Å². The van der Waals surface area contributed by atoms with E-state index in [2.05, 4.69) is 67.7 Å². The third kappa shape index (κ3) is 5.38. The smallest absolute Gasteiger partial charge is 0.191 e. The molecule has 1 aromatic carbocycles. The zero-order valence-electron chi connectivity index (χ0n) is 13.7. The standard InChI is InChI=1S/C17H28N4/c1-5-18-17(20-16-9-13(16)2)19-11-14-7-6-8-15(10-14)12-21(3)4/h6-8,10,13,16H,5,9,11-12H2,1-4H3,(H2,18,19,20). The Hall–Kier alpha value is -1.55. The van der Waals surface area contributed by atoms with Crippen LogP contribution in [0.1, 0.15) is 31.4 Å². The van der Waals surface area contributed by atoms with Gasteiger partial charge in [-0.3, -0.25) is 0 Å². The molecule has 1 fully saturated rings. The van der Waals surface area contributed by atoms with E-state index in [4.69, 9.17) is 4.99 Å². The molecule has 21 heavy (non-hydrogen) atoms. The summed E-state index contributed by atoms with van der Waals surface area (Å²) in [6, 6.07) is 9.27. The molecule has 2 N–H and O–H groups in total. The van der Waals surface area contributed by atoms with E-state index in [0.717, 1.165) is 31.5 Å². The van der Waals surface area contributed by atoms with E-state index in [1.54, 1.807) is 0 Å². The number of hydrogen-bond acceptors (Lipinski definition) is 2. The highest BCUT2D eigenvalue weighted by molar-refractivity contribution is 5.80. The van der Waals surface area contributed by atoms with E-state index in [-0.39, 0.29) is 0 Å². The van der Waals surface area contributed by atoms with Crippen LogP contribution in [0.25, 0.3) is 0 Å². The molecule has 116 valence electrons. The van der Waals surface area contributed by atoms with Gasteiger partial charge in [0, 0.05) is 19.1 Å². The fraction of sp³-hybridized carbons (Fsp3) is 0.588. The molecule has 4 heteroatoms. The van der Waals surface area contributed by atoms with Crippen molar-refractivity contribution in [2.24, 2.45) is 10.9 Å². The minimum absolute atomic E-state index is 0.600.